The van der Waals surface area contributed by atoms with Crippen molar-refractivity contribution < 1.29 is 4.79 Å². The molecule has 19 heavy (non-hydrogen) atoms. The predicted octanol–water partition coefficient (Wildman–Crippen LogP) is 1.64. The van der Waals surface area contributed by atoms with Gasteiger partial charge in [0.05, 0.1) is 0 Å². The first-order chi connectivity index (χ1) is 9.06. The van der Waals surface area contributed by atoms with E-state index in [0.717, 1.165) is 11.3 Å². The summed E-state index contributed by atoms with van der Waals surface area (Å²) in [5, 5.41) is 0. The van der Waals surface area contributed by atoms with Crippen LogP contribution in [0.5, 0.6) is 0 Å². The number of hydrogen-bond donors (Lipinski definition) is 1. The SMILES string of the molecule is Cc1cc(C(=O)N(C)Cc2cccnc2)cc(N)n1. The molecule has 2 N–H and O–H groups in total. The second kappa shape index (κ2) is 5.48. The fourth-order valence-corrected chi connectivity index (χ4v) is 1.88. The van der Waals surface area contributed by atoms with Gasteiger partial charge in [-0.15, -0.1) is 0 Å². The number of rotatable bonds is 3. The maximum absolute atomic E-state index is 12.3. The lowest BCUT2D eigenvalue weighted by atomic mass is 10.2. The van der Waals surface area contributed by atoms with Gasteiger partial charge in [-0.05, 0) is 30.7 Å². The van der Waals surface area contributed by atoms with Gasteiger partial charge in [-0.3, -0.25) is 9.78 Å². The summed E-state index contributed by atoms with van der Waals surface area (Å²) < 4.78 is 0. The van der Waals surface area contributed by atoms with Gasteiger partial charge < -0.3 is 10.6 Å². The Morgan fingerprint density at radius 3 is 2.84 bits per heavy atom. The van der Waals surface area contributed by atoms with Gasteiger partial charge in [0.1, 0.15) is 5.82 Å². The summed E-state index contributed by atoms with van der Waals surface area (Å²) >= 11 is 0. The minimum absolute atomic E-state index is 0.0824. The maximum Gasteiger partial charge on any atom is 0.254 e. The average Bonchev–Trinajstić information content (AvgIpc) is 2.37. The zero-order valence-corrected chi connectivity index (χ0v) is 11.0. The van der Waals surface area contributed by atoms with Gasteiger partial charge in [-0.1, -0.05) is 6.07 Å². The van der Waals surface area contributed by atoms with Crippen molar-refractivity contribution in [3.8, 4) is 0 Å². The molecule has 0 spiro atoms. The van der Waals surface area contributed by atoms with Gasteiger partial charge in [0.25, 0.3) is 5.91 Å². The van der Waals surface area contributed by atoms with E-state index in [9.17, 15) is 4.79 Å². The molecule has 0 saturated carbocycles. The van der Waals surface area contributed by atoms with Crippen molar-refractivity contribution in [2.24, 2.45) is 0 Å². The Kier molecular flexibility index (Phi) is 3.75. The standard InChI is InChI=1S/C14H16N4O/c1-10-6-12(7-13(15)17-10)14(19)18(2)9-11-4-3-5-16-8-11/h3-8H,9H2,1-2H3,(H2,15,17). The summed E-state index contributed by atoms with van der Waals surface area (Å²) in [6.45, 7) is 2.32. The topological polar surface area (TPSA) is 72.1 Å². The number of nitrogens with two attached hydrogens (primary N) is 1. The molecule has 0 aliphatic carbocycles. The van der Waals surface area contributed by atoms with E-state index < -0.39 is 0 Å². The number of nitrogen functional groups attached to an aromatic ring is 1. The first kappa shape index (κ1) is 13.0. The monoisotopic (exact) mass is 256 g/mol. The number of pyridine rings is 2. The zero-order chi connectivity index (χ0) is 13.8. The lowest BCUT2D eigenvalue weighted by Crippen LogP contribution is -2.26. The van der Waals surface area contributed by atoms with E-state index in [2.05, 4.69) is 9.97 Å². The lowest BCUT2D eigenvalue weighted by Gasteiger charge is -2.17. The summed E-state index contributed by atoms with van der Waals surface area (Å²) in [5.41, 5.74) is 7.93. The highest BCUT2D eigenvalue weighted by Gasteiger charge is 2.13. The summed E-state index contributed by atoms with van der Waals surface area (Å²) in [6, 6.07) is 7.11. The van der Waals surface area contributed by atoms with Gasteiger partial charge in [0.15, 0.2) is 0 Å². The van der Waals surface area contributed by atoms with Crippen molar-refractivity contribution in [1.29, 1.82) is 0 Å². The molecule has 0 saturated heterocycles. The number of aryl methyl sites for hydroxylation is 1. The molecule has 0 radical (unpaired) electrons. The van der Waals surface area contributed by atoms with E-state index in [1.54, 1.807) is 36.5 Å². The molecule has 0 fully saturated rings. The maximum atomic E-state index is 12.3. The van der Waals surface area contributed by atoms with Crippen molar-refractivity contribution in [2.45, 2.75) is 13.5 Å². The molecular formula is C14H16N4O. The van der Waals surface area contributed by atoms with Crippen LogP contribution in [0.3, 0.4) is 0 Å². The smallest absolute Gasteiger partial charge is 0.254 e. The molecule has 0 bridgehead atoms. The summed E-state index contributed by atoms with van der Waals surface area (Å²) in [6.07, 6.45) is 3.45. The van der Waals surface area contributed by atoms with Crippen LogP contribution in [-0.2, 0) is 6.54 Å². The highest BCUT2D eigenvalue weighted by atomic mass is 16.2. The zero-order valence-electron chi connectivity index (χ0n) is 11.0. The molecule has 2 rings (SSSR count). The number of amides is 1. The number of hydrogen-bond acceptors (Lipinski definition) is 4. The number of aromatic nitrogens is 2. The Balaban J connectivity index is 2.15. The molecule has 0 aliphatic heterocycles. The Morgan fingerprint density at radius 1 is 1.42 bits per heavy atom. The first-order valence-corrected chi connectivity index (χ1v) is 5.95. The van der Waals surface area contributed by atoms with Crippen molar-refractivity contribution in [3.05, 3.63) is 53.5 Å². The van der Waals surface area contributed by atoms with Crippen molar-refractivity contribution in [2.75, 3.05) is 12.8 Å². The molecule has 2 heterocycles. The van der Waals surface area contributed by atoms with Crippen LogP contribution >= 0.6 is 0 Å². The van der Waals surface area contributed by atoms with Crippen LogP contribution in [0.15, 0.2) is 36.7 Å². The summed E-state index contributed by atoms with van der Waals surface area (Å²) in [5.74, 6) is 0.277. The molecular weight excluding hydrogens is 240 g/mol. The van der Waals surface area contributed by atoms with Crippen molar-refractivity contribution in [1.82, 2.24) is 14.9 Å². The predicted molar refractivity (Wildman–Crippen MR) is 73.4 cm³/mol. The van der Waals surface area contributed by atoms with Crippen LogP contribution in [-0.4, -0.2) is 27.8 Å². The van der Waals surface area contributed by atoms with Gasteiger partial charge in [0.2, 0.25) is 0 Å². The van der Waals surface area contributed by atoms with Crippen LogP contribution in [0, 0.1) is 6.92 Å². The number of anilines is 1. The lowest BCUT2D eigenvalue weighted by molar-refractivity contribution is 0.0785. The summed E-state index contributed by atoms with van der Waals surface area (Å²) in [4.78, 5) is 22.0. The number of nitrogens with zero attached hydrogens (tertiary/aromatic N) is 3. The largest absolute Gasteiger partial charge is 0.384 e. The van der Waals surface area contributed by atoms with Crippen LogP contribution in [0.2, 0.25) is 0 Å². The Hall–Kier alpha value is -2.43. The minimum Gasteiger partial charge on any atom is -0.384 e. The van der Waals surface area contributed by atoms with E-state index in [1.807, 2.05) is 19.1 Å². The second-order valence-electron chi connectivity index (χ2n) is 4.44. The third-order valence-electron chi connectivity index (χ3n) is 2.71. The highest BCUT2D eigenvalue weighted by molar-refractivity contribution is 5.94. The number of carbonyl (C=O) groups is 1. The molecule has 1 amide bonds. The molecule has 0 aromatic carbocycles. The van der Waals surface area contributed by atoms with Crippen molar-refractivity contribution >= 4 is 11.7 Å². The fraction of sp³-hybridized carbons (Fsp3) is 0.214. The molecule has 5 nitrogen and oxygen atoms in total. The highest BCUT2D eigenvalue weighted by Crippen LogP contribution is 2.11. The molecule has 98 valence electrons. The van der Waals surface area contributed by atoms with E-state index in [1.165, 1.54) is 0 Å². The number of carbonyl (C=O) groups excluding carboxylic acids is 1. The second-order valence-corrected chi connectivity index (χ2v) is 4.44. The summed E-state index contributed by atoms with van der Waals surface area (Å²) in [7, 11) is 1.75. The van der Waals surface area contributed by atoms with Gasteiger partial charge >= 0.3 is 0 Å². The van der Waals surface area contributed by atoms with E-state index in [4.69, 9.17) is 5.73 Å². The average molecular weight is 256 g/mol. The van der Waals surface area contributed by atoms with E-state index >= 15 is 0 Å². The fourth-order valence-electron chi connectivity index (χ4n) is 1.88. The quantitative estimate of drug-likeness (QED) is 0.906. The van der Waals surface area contributed by atoms with Crippen molar-refractivity contribution in [3.63, 3.8) is 0 Å². The van der Waals surface area contributed by atoms with Crippen LogP contribution in [0.4, 0.5) is 5.82 Å². The van der Waals surface area contributed by atoms with Gasteiger partial charge in [-0.2, -0.15) is 0 Å². The van der Waals surface area contributed by atoms with Gasteiger partial charge in [0, 0.05) is 37.2 Å². The van der Waals surface area contributed by atoms with Gasteiger partial charge in [-0.25, -0.2) is 4.98 Å². The first-order valence-electron chi connectivity index (χ1n) is 5.95. The van der Waals surface area contributed by atoms with E-state index in [0.29, 0.717) is 17.9 Å². The molecule has 2 aromatic heterocycles. The van der Waals surface area contributed by atoms with Crippen LogP contribution in [0.1, 0.15) is 21.6 Å². The molecule has 5 heteroatoms. The third-order valence-corrected chi connectivity index (χ3v) is 2.71. The minimum atomic E-state index is -0.0824. The van der Waals surface area contributed by atoms with Crippen LogP contribution < -0.4 is 5.73 Å². The Labute approximate surface area is 112 Å². The molecule has 0 aliphatic rings. The Morgan fingerprint density at radius 2 is 2.21 bits per heavy atom. The molecule has 0 unspecified atom stereocenters. The molecule has 0 atom stereocenters. The Bertz CT molecular complexity index is 563. The van der Waals surface area contributed by atoms with Crippen LogP contribution in [0.25, 0.3) is 0 Å². The van der Waals surface area contributed by atoms with E-state index in [-0.39, 0.29) is 5.91 Å². The molecule has 2 aromatic rings. The normalized spacial score (nSPS) is 10.2. The third kappa shape index (κ3) is 3.28.